The molecule has 0 fully saturated rings. The van der Waals surface area contributed by atoms with Gasteiger partial charge in [-0.1, -0.05) is 23.9 Å². The molecule has 1 N–H and O–H groups in total. The maximum atomic E-state index is 12.2. The van der Waals surface area contributed by atoms with Crippen molar-refractivity contribution in [1.82, 2.24) is 5.32 Å². The van der Waals surface area contributed by atoms with Gasteiger partial charge in [-0.15, -0.1) is 0 Å². The Bertz CT molecular complexity index is 344. The smallest absolute Gasteiger partial charge is 0.288 e. The van der Waals surface area contributed by atoms with Crippen molar-refractivity contribution >= 4 is 17.7 Å². The van der Waals surface area contributed by atoms with Crippen LogP contribution in [0, 0.1) is 0 Å². The lowest BCUT2D eigenvalue weighted by atomic mass is 10.2. The van der Waals surface area contributed by atoms with E-state index in [2.05, 4.69) is 5.32 Å². The van der Waals surface area contributed by atoms with Crippen LogP contribution in [0.25, 0.3) is 0 Å². The van der Waals surface area contributed by atoms with Crippen LogP contribution in [0.3, 0.4) is 0 Å². The Morgan fingerprint density at radius 3 is 2.73 bits per heavy atom. The summed E-state index contributed by atoms with van der Waals surface area (Å²) in [5.74, 6) is -2.83. The van der Waals surface area contributed by atoms with Crippen molar-refractivity contribution in [2.75, 3.05) is 6.54 Å². The summed E-state index contributed by atoms with van der Waals surface area (Å²) in [6.07, 6.45) is 0. The van der Waals surface area contributed by atoms with E-state index < -0.39 is 5.76 Å². The Hall–Kier alpha value is -1.10. The number of nitrogens with one attached hydrogen (secondary N) is 1. The van der Waals surface area contributed by atoms with Crippen LogP contribution >= 0.6 is 11.8 Å². The molecule has 0 bridgehead atoms. The van der Waals surface area contributed by atoms with Gasteiger partial charge in [-0.05, 0) is 19.1 Å². The molecule has 1 aromatic carbocycles. The fourth-order valence-electron chi connectivity index (χ4n) is 1.11. The van der Waals surface area contributed by atoms with E-state index in [1.54, 1.807) is 19.1 Å². The number of amides is 1. The molecule has 0 aromatic heterocycles. The van der Waals surface area contributed by atoms with Crippen LogP contribution < -0.4 is 5.32 Å². The van der Waals surface area contributed by atoms with Gasteiger partial charge >= 0.3 is 0 Å². The summed E-state index contributed by atoms with van der Waals surface area (Å²) in [5.41, 5.74) is 0.296. The first-order valence-electron chi connectivity index (χ1n) is 4.47. The summed E-state index contributed by atoms with van der Waals surface area (Å²) in [7, 11) is 0. The number of hydrogen-bond acceptors (Lipinski definition) is 2. The summed E-state index contributed by atoms with van der Waals surface area (Å²) in [6, 6.07) is 6.34. The largest absolute Gasteiger partial charge is 0.352 e. The Balaban J connectivity index is 2.90. The monoisotopic (exact) mass is 231 g/mol. The highest BCUT2D eigenvalue weighted by atomic mass is 32.2. The normalized spacial score (nSPS) is 10.4. The number of alkyl halides is 2. The van der Waals surface area contributed by atoms with E-state index in [9.17, 15) is 13.6 Å². The van der Waals surface area contributed by atoms with E-state index >= 15 is 0 Å². The Kier molecular flexibility index (Phi) is 4.55. The van der Waals surface area contributed by atoms with Crippen LogP contribution in [0.4, 0.5) is 8.78 Å². The maximum Gasteiger partial charge on any atom is 0.288 e. The van der Waals surface area contributed by atoms with Gasteiger partial charge in [0.2, 0.25) is 0 Å². The Morgan fingerprint density at radius 1 is 1.47 bits per heavy atom. The highest BCUT2D eigenvalue weighted by Crippen LogP contribution is 2.28. The van der Waals surface area contributed by atoms with Gasteiger partial charge in [-0.2, -0.15) is 8.78 Å². The quantitative estimate of drug-likeness (QED) is 0.807. The molecule has 0 aliphatic carbocycles. The molecule has 0 unspecified atom stereocenters. The van der Waals surface area contributed by atoms with E-state index in [0.29, 0.717) is 28.8 Å². The fraction of sp³-hybridized carbons (Fsp3) is 0.300. The van der Waals surface area contributed by atoms with Gasteiger partial charge in [0, 0.05) is 11.4 Å². The minimum atomic E-state index is -2.51. The van der Waals surface area contributed by atoms with E-state index in [1.807, 2.05) is 0 Å². The number of carbonyl (C=O) groups excluding carboxylic acids is 1. The summed E-state index contributed by atoms with van der Waals surface area (Å²) in [4.78, 5) is 11.8. The molecule has 82 valence electrons. The molecule has 0 radical (unpaired) electrons. The zero-order valence-electron chi connectivity index (χ0n) is 8.17. The average Bonchev–Trinajstić information content (AvgIpc) is 2.18. The van der Waals surface area contributed by atoms with Gasteiger partial charge in [0.1, 0.15) is 0 Å². The van der Waals surface area contributed by atoms with Crippen molar-refractivity contribution in [2.24, 2.45) is 0 Å². The summed E-state index contributed by atoms with van der Waals surface area (Å²) >= 11 is 0.385. The predicted octanol–water partition coefficient (Wildman–Crippen LogP) is 2.75. The molecule has 0 atom stereocenters. The summed E-state index contributed by atoms with van der Waals surface area (Å²) in [6.45, 7) is 2.26. The van der Waals surface area contributed by atoms with E-state index in [4.69, 9.17) is 0 Å². The van der Waals surface area contributed by atoms with Gasteiger partial charge in [-0.25, -0.2) is 0 Å². The molecular formula is C10H11F2NOS. The molecule has 0 aliphatic rings. The van der Waals surface area contributed by atoms with Gasteiger partial charge in [0.25, 0.3) is 11.7 Å². The van der Waals surface area contributed by atoms with E-state index in [0.717, 1.165) is 0 Å². The Morgan fingerprint density at radius 2 is 2.13 bits per heavy atom. The second-order valence-electron chi connectivity index (χ2n) is 2.73. The Labute approximate surface area is 91.1 Å². The first-order valence-corrected chi connectivity index (χ1v) is 5.35. The van der Waals surface area contributed by atoms with Crippen LogP contribution in [0.1, 0.15) is 17.3 Å². The molecule has 1 aromatic rings. The van der Waals surface area contributed by atoms with Crippen molar-refractivity contribution in [2.45, 2.75) is 17.6 Å². The van der Waals surface area contributed by atoms with Crippen molar-refractivity contribution < 1.29 is 13.6 Å². The van der Waals surface area contributed by atoms with Crippen molar-refractivity contribution in [1.29, 1.82) is 0 Å². The number of halogens is 2. The van der Waals surface area contributed by atoms with Crippen LogP contribution in [-0.4, -0.2) is 18.2 Å². The standard InChI is InChI=1S/C10H11F2NOS/c1-2-13-9(14)7-5-3-4-6-8(7)15-10(11)12/h3-6,10H,2H2,1H3,(H,13,14). The lowest BCUT2D eigenvalue weighted by Crippen LogP contribution is -2.23. The first-order chi connectivity index (χ1) is 7.15. The van der Waals surface area contributed by atoms with Crippen LogP contribution in [0.2, 0.25) is 0 Å². The lowest BCUT2D eigenvalue weighted by molar-refractivity contribution is 0.0953. The molecule has 15 heavy (non-hydrogen) atoms. The van der Waals surface area contributed by atoms with Crippen molar-refractivity contribution in [3.05, 3.63) is 29.8 Å². The number of carbonyl (C=O) groups is 1. The van der Waals surface area contributed by atoms with Gasteiger partial charge in [0.15, 0.2) is 0 Å². The maximum absolute atomic E-state index is 12.2. The zero-order chi connectivity index (χ0) is 11.3. The van der Waals surface area contributed by atoms with Crippen molar-refractivity contribution in [3.63, 3.8) is 0 Å². The van der Waals surface area contributed by atoms with Gasteiger partial charge in [0.05, 0.1) is 5.56 Å². The van der Waals surface area contributed by atoms with Gasteiger partial charge in [-0.3, -0.25) is 4.79 Å². The lowest BCUT2D eigenvalue weighted by Gasteiger charge is -2.07. The molecule has 0 saturated heterocycles. The predicted molar refractivity (Wildman–Crippen MR) is 56.3 cm³/mol. The van der Waals surface area contributed by atoms with Crippen LogP contribution in [0.15, 0.2) is 29.2 Å². The second kappa shape index (κ2) is 5.70. The number of rotatable bonds is 4. The number of thioether (sulfide) groups is 1. The molecular weight excluding hydrogens is 220 g/mol. The fourth-order valence-corrected chi connectivity index (χ4v) is 1.75. The average molecular weight is 231 g/mol. The van der Waals surface area contributed by atoms with E-state index in [1.165, 1.54) is 12.1 Å². The zero-order valence-corrected chi connectivity index (χ0v) is 8.98. The van der Waals surface area contributed by atoms with E-state index in [-0.39, 0.29) is 5.91 Å². The van der Waals surface area contributed by atoms with Crippen molar-refractivity contribution in [3.8, 4) is 0 Å². The minimum Gasteiger partial charge on any atom is -0.352 e. The molecule has 0 aliphatic heterocycles. The van der Waals surface area contributed by atoms with Gasteiger partial charge < -0.3 is 5.32 Å². The summed E-state index contributed by atoms with van der Waals surface area (Å²) in [5, 5.41) is 2.58. The molecule has 1 rings (SSSR count). The molecule has 0 spiro atoms. The first kappa shape index (κ1) is 12.0. The molecule has 0 heterocycles. The third kappa shape index (κ3) is 3.51. The molecule has 0 saturated carbocycles. The van der Waals surface area contributed by atoms with Crippen LogP contribution in [0.5, 0.6) is 0 Å². The highest BCUT2D eigenvalue weighted by Gasteiger charge is 2.13. The minimum absolute atomic E-state index is 0.296. The molecule has 2 nitrogen and oxygen atoms in total. The molecule has 5 heteroatoms. The third-order valence-corrected chi connectivity index (χ3v) is 2.47. The molecule has 1 amide bonds. The number of benzene rings is 1. The highest BCUT2D eigenvalue weighted by molar-refractivity contribution is 7.99. The topological polar surface area (TPSA) is 29.1 Å². The number of hydrogen-bond donors (Lipinski definition) is 1. The van der Waals surface area contributed by atoms with Crippen LogP contribution in [-0.2, 0) is 0 Å². The summed E-state index contributed by atoms with van der Waals surface area (Å²) < 4.78 is 24.4. The SMILES string of the molecule is CCNC(=O)c1ccccc1SC(F)F. The third-order valence-electron chi connectivity index (χ3n) is 1.69. The second-order valence-corrected chi connectivity index (χ2v) is 3.77.